The molecule has 0 spiro atoms. The second kappa shape index (κ2) is 14.6. The molecule has 8 heteroatoms. The Balaban J connectivity index is 1.14. The Kier molecular flexibility index (Phi) is 9.88. The van der Waals surface area contributed by atoms with Gasteiger partial charge in [-0.1, -0.05) is 0 Å². The molecule has 6 nitrogen and oxygen atoms in total. The van der Waals surface area contributed by atoms with Crippen LogP contribution in [0.4, 0.5) is 0 Å². The molecule has 0 bridgehead atoms. The van der Waals surface area contributed by atoms with Crippen molar-refractivity contribution in [1.82, 2.24) is 10.2 Å². The Morgan fingerprint density at radius 1 is 0.957 bits per heavy atom. The van der Waals surface area contributed by atoms with Crippen LogP contribution in [0.3, 0.4) is 0 Å². The molecule has 1 unspecified atom stereocenters. The number of hydrogen-bond donors (Lipinski definition) is 1. The topological polar surface area (TPSA) is 67.9 Å². The first-order valence-electron chi connectivity index (χ1n) is 16.3. The van der Waals surface area contributed by atoms with Gasteiger partial charge in [-0.05, 0) is 32.4 Å². The predicted octanol–water partition coefficient (Wildman–Crippen LogP) is 4.94. The van der Waals surface area contributed by atoms with E-state index in [1.807, 2.05) is 48.5 Å². The van der Waals surface area contributed by atoms with Gasteiger partial charge in [0.15, 0.2) is 0 Å². The van der Waals surface area contributed by atoms with Gasteiger partial charge in [-0.2, -0.15) is 0 Å². The minimum atomic E-state index is -1.14. The maximum absolute atomic E-state index is 12.7. The van der Waals surface area contributed by atoms with Crippen molar-refractivity contribution in [2.75, 3.05) is 19.7 Å². The van der Waals surface area contributed by atoms with Crippen molar-refractivity contribution in [3.8, 4) is 21.9 Å². The molecule has 2 aliphatic heterocycles. The summed E-state index contributed by atoms with van der Waals surface area (Å²) in [7, 11) is 0. The number of thiophene rings is 1. The van der Waals surface area contributed by atoms with E-state index in [4.69, 9.17) is 7.80 Å². The molecule has 2 aliphatic rings. The summed E-state index contributed by atoms with van der Waals surface area (Å²) in [6, 6.07) is 30.9. The Morgan fingerprint density at radius 3 is 2.49 bits per heavy atom. The average Bonchev–Trinajstić information content (AvgIpc) is 3.85. The van der Waals surface area contributed by atoms with E-state index in [9.17, 15) is 9.59 Å². The number of nitrogens with zero attached hydrogens (tertiary/aromatic N) is 1. The first-order chi connectivity index (χ1) is 23.0. The summed E-state index contributed by atoms with van der Waals surface area (Å²) in [4.78, 5) is 28.1. The number of carbonyl (C=O) groups is 2. The molecule has 1 atom stereocenters. The third-order valence-corrected chi connectivity index (χ3v) is 12.0. The minimum Gasteiger partial charge on any atom is -0.299 e. The number of hydrogen-bond acceptors (Lipinski definition) is 6. The zero-order chi connectivity index (χ0) is 32.2. The van der Waals surface area contributed by atoms with Gasteiger partial charge in [0, 0.05) is 6.42 Å². The summed E-state index contributed by atoms with van der Waals surface area (Å²) in [6.45, 7) is 6.13. The number of fused-ring (bicyclic) bond motifs is 1. The number of halogens is 1. The monoisotopic (exact) mass is 757 g/mol. The number of nitrogens with one attached hydrogen (secondary N) is 1. The fourth-order valence-electron chi connectivity index (χ4n) is 6.41. The van der Waals surface area contributed by atoms with E-state index in [-0.39, 0.29) is 15.7 Å². The van der Waals surface area contributed by atoms with Gasteiger partial charge in [-0.3, -0.25) is 9.69 Å². The summed E-state index contributed by atoms with van der Waals surface area (Å²) >= 11 is 0.622. The quantitative estimate of drug-likeness (QED) is 0.144. The van der Waals surface area contributed by atoms with Crippen LogP contribution in [0.15, 0.2) is 91.0 Å². The second-order valence-corrected chi connectivity index (χ2v) is 15.3. The zero-order valence-corrected chi connectivity index (χ0v) is 29.4. The van der Waals surface area contributed by atoms with Crippen LogP contribution < -0.4 is 34.7 Å². The van der Waals surface area contributed by atoms with Gasteiger partial charge in [-0.25, -0.2) is 0 Å². The van der Waals surface area contributed by atoms with Crippen molar-refractivity contribution < 1.29 is 39.0 Å². The number of likely N-dealkylation sites (tertiary alicyclic amines) is 1. The molecule has 7 rings (SSSR count). The molecule has 1 N–H and O–H groups in total. The molecule has 1 amide bonds. The van der Waals surface area contributed by atoms with Crippen LogP contribution in [-0.2, 0) is 17.8 Å². The normalized spacial score (nSPS) is 16.5. The summed E-state index contributed by atoms with van der Waals surface area (Å²) in [6.07, 6.45) is 4.80. The van der Waals surface area contributed by atoms with Gasteiger partial charge < -0.3 is 5.32 Å². The van der Waals surface area contributed by atoms with Gasteiger partial charge in [0.05, 0.1) is 6.04 Å². The van der Waals surface area contributed by atoms with Crippen LogP contribution in [-0.4, -0.2) is 40.3 Å². The number of aryl methyl sites for hydroxylation is 1. The molecule has 5 aromatic rings. The molecule has 47 heavy (non-hydrogen) atoms. The standard InChI is InChI=1S/C39H38IN2O4S/c1-26-21-27(9-10-30(26)24-42-19-5-6-20-42)22-35-34-17-16-33(46-40-39(44)29-7-3-2-4-8-29)23-36(34)47-38(35)28-11-14-32(15-12-28)45-25-31-13-18-37(43)41-31/h2-4,7-12,14-17,21,23,31H,5-6,13,18-20,22,24-25H2,1H3,(H,41,43)/q-1. The van der Waals surface area contributed by atoms with E-state index >= 15 is 0 Å². The van der Waals surface area contributed by atoms with Crippen LogP contribution >= 0.6 is 11.3 Å². The van der Waals surface area contributed by atoms with Crippen LogP contribution in [0.2, 0.25) is 0 Å². The van der Waals surface area contributed by atoms with E-state index in [2.05, 4.69) is 59.6 Å². The molecular weight excluding hydrogens is 719 g/mol. The molecule has 1 aromatic heterocycles. The number of benzene rings is 4. The molecule has 4 aromatic carbocycles. The molecule has 242 valence electrons. The number of ether oxygens (including phenoxy) is 1. The van der Waals surface area contributed by atoms with Gasteiger partial charge in [0.2, 0.25) is 5.91 Å². The van der Waals surface area contributed by atoms with Crippen LogP contribution in [0, 0.1) is 6.92 Å². The number of carbonyl (C=O) groups excluding carboxylic acids is 2. The van der Waals surface area contributed by atoms with E-state index < -0.39 is 21.6 Å². The zero-order valence-electron chi connectivity index (χ0n) is 26.5. The second-order valence-electron chi connectivity index (χ2n) is 12.4. The van der Waals surface area contributed by atoms with Crippen molar-refractivity contribution in [2.24, 2.45) is 0 Å². The summed E-state index contributed by atoms with van der Waals surface area (Å²) < 4.78 is 13.3. The Bertz CT molecular complexity index is 1880. The van der Waals surface area contributed by atoms with Crippen molar-refractivity contribution >= 4 is 31.1 Å². The molecule has 2 saturated heterocycles. The van der Waals surface area contributed by atoms with Gasteiger partial charge in [-0.15, -0.1) is 0 Å². The van der Waals surface area contributed by atoms with Crippen molar-refractivity contribution in [2.45, 2.75) is 51.6 Å². The number of rotatable bonds is 12. The van der Waals surface area contributed by atoms with E-state index in [0.717, 1.165) is 41.1 Å². The predicted molar refractivity (Wildman–Crippen MR) is 184 cm³/mol. The first-order valence-corrected chi connectivity index (χ1v) is 19.1. The van der Waals surface area contributed by atoms with Crippen LogP contribution in [0.5, 0.6) is 11.5 Å². The maximum atomic E-state index is 12.7. The van der Waals surface area contributed by atoms with Crippen LogP contribution in [0.25, 0.3) is 20.5 Å². The SMILES string of the molecule is Cc1cc(Cc2c(-c3ccc(OCC4CCC(=O)N4)cc3)sc3cc(O[I-]C(=O)c4ccccc4)ccc23)ccc1CN1CCCC1. The summed E-state index contributed by atoms with van der Waals surface area (Å²) in [5.41, 5.74) is 7.18. The Morgan fingerprint density at radius 2 is 1.74 bits per heavy atom. The van der Waals surface area contributed by atoms with Crippen molar-refractivity contribution in [3.63, 3.8) is 0 Å². The van der Waals surface area contributed by atoms with Gasteiger partial charge in [0.1, 0.15) is 0 Å². The molecule has 0 saturated carbocycles. The van der Waals surface area contributed by atoms with Gasteiger partial charge >= 0.3 is 227 Å². The fraction of sp³-hybridized carbons (Fsp3) is 0.282. The van der Waals surface area contributed by atoms with Gasteiger partial charge in [0.25, 0.3) is 0 Å². The van der Waals surface area contributed by atoms with E-state index in [1.165, 1.54) is 58.4 Å². The Labute approximate surface area is 290 Å². The Hall–Kier alpha value is -3.73. The molecule has 0 radical (unpaired) electrons. The first kappa shape index (κ1) is 31.8. The molecular formula is C39H38IN2O4S-. The third-order valence-electron chi connectivity index (χ3n) is 9.00. The molecule has 0 aliphatic carbocycles. The van der Waals surface area contributed by atoms with Crippen LogP contribution in [0.1, 0.15) is 58.3 Å². The average molecular weight is 758 g/mol. The smallest absolute Gasteiger partial charge is 0.299 e. The number of amides is 1. The molecule has 2 fully saturated rings. The fourth-order valence-corrected chi connectivity index (χ4v) is 9.01. The summed E-state index contributed by atoms with van der Waals surface area (Å²) in [5.74, 6) is 1.63. The minimum absolute atomic E-state index is 0.0678. The van der Waals surface area contributed by atoms with E-state index in [1.54, 1.807) is 11.3 Å². The van der Waals surface area contributed by atoms with E-state index in [0.29, 0.717) is 18.6 Å². The third kappa shape index (κ3) is 7.71. The van der Waals surface area contributed by atoms with Crippen molar-refractivity contribution in [3.05, 3.63) is 119 Å². The summed E-state index contributed by atoms with van der Waals surface area (Å²) in [5, 5.41) is 4.18. The molecule has 3 heterocycles. The van der Waals surface area contributed by atoms with Crippen molar-refractivity contribution in [1.29, 1.82) is 0 Å².